The number of hydrogen-bond donors (Lipinski definition) is 1. The smallest absolute Gasteiger partial charge is 0.246 e. The topological polar surface area (TPSA) is 94.9 Å². The number of aromatic nitrogens is 5. The molecule has 0 aliphatic carbocycles. The fraction of sp³-hybridized carbons (Fsp3) is 0.500. The molecule has 1 fully saturated rings. The molecule has 3 heterocycles. The largest absolute Gasteiger partial charge is 0.339 e. The van der Waals surface area contributed by atoms with E-state index in [1.165, 1.54) is 0 Å². The van der Waals surface area contributed by atoms with Crippen molar-refractivity contribution in [2.24, 2.45) is 18.7 Å². The van der Waals surface area contributed by atoms with Gasteiger partial charge in [0.25, 0.3) is 0 Å². The standard InChI is InChI=1S/C16H23N7O/c1-21-9-13(8-18-21)4-5-16(24)22-6-2-3-14(10-22)11-23-12-15(7-17)19-20-23/h4-5,8-9,12,14H,2-3,6-7,10-11,17H2,1H3. The third-order valence-corrected chi connectivity index (χ3v) is 4.21. The molecular weight excluding hydrogens is 306 g/mol. The number of rotatable bonds is 5. The van der Waals surface area contributed by atoms with Gasteiger partial charge in [-0.2, -0.15) is 5.10 Å². The molecule has 0 aromatic carbocycles. The molecule has 0 bridgehead atoms. The summed E-state index contributed by atoms with van der Waals surface area (Å²) in [6.45, 7) is 2.71. The average Bonchev–Trinajstić information content (AvgIpc) is 3.21. The number of nitrogens with zero attached hydrogens (tertiary/aromatic N) is 6. The van der Waals surface area contributed by atoms with Crippen molar-refractivity contribution in [2.45, 2.75) is 25.9 Å². The van der Waals surface area contributed by atoms with Gasteiger partial charge in [-0.15, -0.1) is 5.10 Å². The van der Waals surface area contributed by atoms with E-state index in [2.05, 4.69) is 15.4 Å². The highest BCUT2D eigenvalue weighted by atomic mass is 16.2. The van der Waals surface area contributed by atoms with Crippen molar-refractivity contribution in [1.29, 1.82) is 0 Å². The zero-order valence-electron chi connectivity index (χ0n) is 13.9. The fourth-order valence-corrected chi connectivity index (χ4v) is 3.00. The molecule has 128 valence electrons. The molecular formula is C16H23N7O. The minimum Gasteiger partial charge on any atom is -0.339 e. The van der Waals surface area contributed by atoms with Crippen LogP contribution in [0.1, 0.15) is 24.1 Å². The van der Waals surface area contributed by atoms with Crippen LogP contribution in [-0.4, -0.2) is 48.7 Å². The van der Waals surface area contributed by atoms with Gasteiger partial charge >= 0.3 is 0 Å². The van der Waals surface area contributed by atoms with Gasteiger partial charge in [0.05, 0.1) is 11.9 Å². The first-order chi connectivity index (χ1) is 11.6. The van der Waals surface area contributed by atoms with Gasteiger partial charge in [0, 0.05) is 57.3 Å². The molecule has 8 nitrogen and oxygen atoms in total. The van der Waals surface area contributed by atoms with Gasteiger partial charge in [-0.25, -0.2) is 0 Å². The molecule has 8 heteroatoms. The minimum absolute atomic E-state index is 0.0461. The first-order valence-electron chi connectivity index (χ1n) is 8.19. The molecule has 2 aromatic heterocycles. The molecule has 1 aliphatic rings. The van der Waals surface area contributed by atoms with Gasteiger partial charge in [-0.3, -0.25) is 14.2 Å². The van der Waals surface area contributed by atoms with Crippen LogP contribution in [0, 0.1) is 5.92 Å². The maximum atomic E-state index is 12.4. The van der Waals surface area contributed by atoms with E-state index in [-0.39, 0.29) is 5.91 Å². The molecule has 24 heavy (non-hydrogen) atoms. The molecule has 0 spiro atoms. The highest BCUT2D eigenvalue weighted by Crippen LogP contribution is 2.18. The van der Waals surface area contributed by atoms with Crippen LogP contribution in [0.2, 0.25) is 0 Å². The van der Waals surface area contributed by atoms with Crippen molar-refractivity contribution in [3.05, 3.63) is 35.9 Å². The third-order valence-electron chi connectivity index (χ3n) is 4.21. The van der Waals surface area contributed by atoms with Crippen LogP contribution in [0.3, 0.4) is 0 Å². The van der Waals surface area contributed by atoms with E-state index < -0.39 is 0 Å². The molecule has 1 atom stereocenters. The highest BCUT2D eigenvalue weighted by molar-refractivity contribution is 5.91. The van der Waals surface area contributed by atoms with Crippen LogP contribution in [0.4, 0.5) is 0 Å². The molecule has 0 saturated carbocycles. The molecule has 1 aliphatic heterocycles. The van der Waals surface area contributed by atoms with Gasteiger partial charge in [-0.05, 0) is 24.8 Å². The summed E-state index contributed by atoms with van der Waals surface area (Å²) in [6, 6.07) is 0. The Morgan fingerprint density at radius 1 is 1.46 bits per heavy atom. The molecule has 1 saturated heterocycles. The lowest BCUT2D eigenvalue weighted by Gasteiger charge is -2.32. The zero-order valence-corrected chi connectivity index (χ0v) is 13.9. The number of carbonyl (C=O) groups is 1. The van der Waals surface area contributed by atoms with Gasteiger partial charge in [0.2, 0.25) is 5.91 Å². The number of carbonyl (C=O) groups excluding carboxylic acids is 1. The van der Waals surface area contributed by atoms with E-state index in [0.29, 0.717) is 12.5 Å². The Bertz CT molecular complexity index is 718. The van der Waals surface area contributed by atoms with Gasteiger partial charge < -0.3 is 10.6 Å². The second-order valence-electron chi connectivity index (χ2n) is 6.21. The van der Waals surface area contributed by atoms with Crippen LogP contribution < -0.4 is 5.73 Å². The SMILES string of the molecule is Cn1cc(C=CC(=O)N2CCCC(Cn3cc(CN)nn3)C2)cn1. The van der Waals surface area contributed by atoms with Crippen LogP contribution in [0.15, 0.2) is 24.7 Å². The Balaban J connectivity index is 1.56. The molecule has 1 amide bonds. The number of likely N-dealkylation sites (tertiary alicyclic amines) is 1. The lowest BCUT2D eigenvalue weighted by molar-refractivity contribution is -0.127. The summed E-state index contributed by atoms with van der Waals surface area (Å²) in [7, 11) is 1.86. The van der Waals surface area contributed by atoms with Crippen molar-refractivity contribution in [1.82, 2.24) is 29.7 Å². The van der Waals surface area contributed by atoms with Gasteiger partial charge in [-0.1, -0.05) is 5.21 Å². The average molecular weight is 329 g/mol. The molecule has 0 radical (unpaired) electrons. The van der Waals surface area contributed by atoms with E-state index in [4.69, 9.17) is 5.73 Å². The molecule has 2 aromatic rings. The lowest BCUT2D eigenvalue weighted by Crippen LogP contribution is -2.40. The van der Waals surface area contributed by atoms with E-state index >= 15 is 0 Å². The molecule has 3 rings (SSSR count). The van der Waals surface area contributed by atoms with Crippen molar-refractivity contribution in [2.75, 3.05) is 13.1 Å². The van der Waals surface area contributed by atoms with Crippen LogP contribution in [-0.2, 0) is 24.9 Å². The van der Waals surface area contributed by atoms with Crippen molar-refractivity contribution in [3.63, 3.8) is 0 Å². The Hall–Kier alpha value is -2.48. The second kappa shape index (κ2) is 7.39. The van der Waals surface area contributed by atoms with Crippen LogP contribution in [0.25, 0.3) is 6.08 Å². The quantitative estimate of drug-likeness (QED) is 0.802. The summed E-state index contributed by atoms with van der Waals surface area (Å²) in [5.74, 6) is 0.437. The summed E-state index contributed by atoms with van der Waals surface area (Å²) in [5.41, 5.74) is 7.28. The summed E-state index contributed by atoms with van der Waals surface area (Å²) < 4.78 is 3.54. The van der Waals surface area contributed by atoms with E-state index in [1.54, 1.807) is 17.0 Å². The van der Waals surface area contributed by atoms with Crippen molar-refractivity contribution in [3.8, 4) is 0 Å². The normalized spacial score (nSPS) is 18.4. The number of nitrogens with two attached hydrogens (primary N) is 1. The van der Waals surface area contributed by atoms with E-state index in [9.17, 15) is 4.79 Å². The predicted octanol–water partition coefficient (Wildman–Crippen LogP) is 0.422. The number of amides is 1. The Labute approximate surface area is 140 Å². The Morgan fingerprint density at radius 2 is 2.33 bits per heavy atom. The third kappa shape index (κ3) is 4.08. The van der Waals surface area contributed by atoms with Gasteiger partial charge in [0.15, 0.2) is 0 Å². The Morgan fingerprint density at radius 3 is 3.04 bits per heavy atom. The molecule has 2 N–H and O–H groups in total. The monoisotopic (exact) mass is 329 g/mol. The predicted molar refractivity (Wildman–Crippen MR) is 89.5 cm³/mol. The van der Waals surface area contributed by atoms with Crippen LogP contribution >= 0.6 is 0 Å². The van der Waals surface area contributed by atoms with Crippen molar-refractivity contribution < 1.29 is 4.79 Å². The van der Waals surface area contributed by atoms with E-state index in [1.807, 2.05) is 35.1 Å². The number of aryl methyl sites for hydroxylation is 1. The fourth-order valence-electron chi connectivity index (χ4n) is 3.00. The maximum absolute atomic E-state index is 12.4. The summed E-state index contributed by atoms with van der Waals surface area (Å²) in [4.78, 5) is 14.3. The lowest BCUT2D eigenvalue weighted by atomic mass is 9.98. The summed E-state index contributed by atoms with van der Waals surface area (Å²) in [5, 5.41) is 12.2. The summed E-state index contributed by atoms with van der Waals surface area (Å²) >= 11 is 0. The Kier molecular flexibility index (Phi) is 5.05. The second-order valence-corrected chi connectivity index (χ2v) is 6.21. The van der Waals surface area contributed by atoms with E-state index in [0.717, 1.165) is 43.7 Å². The highest BCUT2D eigenvalue weighted by Gasteiger charge is 2.23. The maximum Gasteiger partial charge on any atom is 0.246 e. The number of piperidine rings is 1. The first-order valence-corrected chi connectivity index (χ1v) is 8.19. The zero-order chi connectivity index (χ0) is 16.9. The minimum atomic E-state index is 0.0461. The first kappa shape index (κ1) is 16.4. The molecule has 1 unspecified atom stereocenters. The number of hydrogen-bond acceptors (Lipinski definition) is 5. The van der Waals surface area contributed by atoms with Crippen LogP contribution in [0.5, 0.6) is 0 Å². The van der Waals surface area contributed by atoms with Gasteiger partial charge in [0.1, 0.15) is 0 Å². The summed E-state index contributed by atoms with van der Waals surface area (Å²) in [6.07, 6.45) is 11.0. The van der Waals surface area contributed by atoms with Crippen molar-refractivity contribution >= 4 is 12.0 Å².